The zero-order valence-corrected chi connectivity index (χ0v) is 10.9. The number of aliphatic hydroxyl groups excluding tert-OH is 1. The van der Waals surface area contributed by atoms with E-state index in [1.807, 2.05) is 20.8 Å². The molecule has 0 radical (unpaired) electrons. The summed E-state index contributed by atoms with van der Waals surface area (Å²) in [6.45, 7) is 6.92. The summed E-state index contributed by atoms with van der Waals surface area (Å²) >= 11 is 0. The Labute approximate surface area is 103 Å². The van der Waals surface area contributed by atoms with Crippen molar-refractivity contribution in [3.63, 3.8) is 0 Å². The second kappa shape index (κ2) is 6.33. The summed E-state index contributed by atoms with van der Waals surface area (Å²) in [5, 5.41) is 9.10. The molecular formula is C12H24N2O3. The van der Waals surface area contributed by atoms with Crippen molar-refractivity contribution in [3.8, 4) is 0 Å². The van der Waals surface area contributed by atoms with Crippen LogP contribution in [-0.4, -0.2) is 53.9 Å². The van der Waals surface area contributed by atoms with Gasteiger partial charge in [-0.2, -0.15) is 0 Å². The van der Waals surface area contributed by atoms with E-state index in [1.54, 1.807) is 4.90 Å². The Hall–Kier alpha value is -0.650. The third-order valence-corrected chi connectivity index (χ3v) is 2.88. The average molecular weight is 244 g/mol. The van der Waals surface area contributed by atoms with Gasteiger partial charge in [0.15, 0.2) is 0 Å². The molecule has 1 rings (SSSR count). The highest BCUT2D eigenvalue weighted by Gasteiger charge is 2.30. The van der Waals surface area contributed by atoms with Gasteiger partial charge in [0.1, 0.15) is 0 Å². The molecule has 5 nitrogen and oxygen atoms in total. The van der Waals surface area contributed by atoms with Crippen molar-refractivity contribution in [2.75, 3.05) is 19.7 Å². The molecule has 5 heteroatoms. The number of morpholine rings is 1. The van der Waals surface area contributed by atoms with Gasteiger partial charge in [-0.1, -0.05) is 13.8 Å². The minimum absolute atomic E-state index is 0.0349. The molecule has 1 saturated heterocycles. The first-order valence-electron chi connectivity index (χ1n) is 6.24. The highest BCUT2D eigenvalue weighted by molar-refractivity contribution is 5.81. The van der Waals surface area contributed by atoms with E-state index in [-0.39, 0.29) is 24.7 Å². The fraction of sp³-hybridized carbons (Fsp3) is 0.917. The SMILES string of the molecule is CC(C)CC(N)C(=O)N1CC(C)OC(CO)C1. The first-order chi connectivity index (χ1) is 7.93. The molecule has 3 N–H and O–H groups in total. The van der Waals surface area contributed by atoms with Crippen LogP contribution in [0.4, 0.5) is 0 Å². The molecule has 100 valence electrons. The topological polar surface area (TPSA) is 75.8 Å². The highest BCUT2D eigenvalue weighted by Crippen LogP contribution is 2.13. The Kier molecular flexibility index (Phi) is 5.36. The molecular weight excluding hydrogens is 220 g/mol. The lowest BCUT2D eigenvalue weighted by Gasteiger charge is -2.37. The van der Waals surface area contributed by atoms with E-state index in [4.69, 9.17) is 15.6 Å². The smallest absolute Gasteiger partial charge is 0.239 e. The molecule has 0 aliphatic carbocycles. The van der Waals surface area contributed by atoms with Crippen molar-refractivity contribution in [1.82, 2.24) is 4.90 Å². The normalized spacial score (nSPS) is 27.3. The number of hydrogen-bond donors (Lipinski definition) is 2. The van der Waals surface area contributed by atoms with E-state index in [2.05, 4.69) is 0 Å². The Balaban J connectivity index is 2.55. The summed E-state index contributed by atoms with van der Waals surface area (Å²) in [5.74, 6) is 0.369. The molecule has 0 saturated carbocycles. The molecule has 1 amide bonds. The van der Waals surface area contributed by atoms with Crippen LogP contribution in [0.25, 0.3) is 0 Å². The maximum absolute atomic E-state index is 12.1. The van der Waals surface area contributed by atoms with Crippen molar-refractivity contribution in [3.05, 3.63) is 0 Å². The van der Waals surface area contributed by atoms with Crippen LogP contribution in [0.1, 0.15) is 27.2 Å². The molecule has 0 spiro atoms. The van der Waals surface area contributed by atoms with Gasteiger partial charge in [0.25, 0.3) is 0 Å². The van der Waals surface area contributed by atoms with Crippen LogP contribution in [0.3, 0.4) is 0 Å². The zero-order valence-electron chi connectivity index (χ0n) is 10.9. The van der Waals surface area contributed by atoms with E-state index in [9.17, 15) is 4.79 Å². The quantitative estimate of drug-likeness (QED) is 0.728. The average Bonchev–Trinajstić information content (AvgIpc) is 2.26. The molecule has 0 aromatic heterocycles. The molecule has 1 fully saturated rings. The minimum Gasteiger partial charge on any atom is -0.394 e. The van der Waals surface area contributed by atoms with Crippen molar-refractivity contribution in [2.24, 2.45) is 11.7 Å². The largest absolute Gasteiger partial charge is 0.394 e. The van der Waals surface area contributed by atoms with Crippen molar-refractivity contribution in [2.45, 2.75) is 45.4 Å². The standard InChI is InChI=1S/C12H24N2O3/c1-8(2)4-11(13)12(16)14-5-9(3)17-10(6-14)7-15/h8-11,15H,4-7,13H2,1-3H3. The number of hydrogen-bond acceptors (Lipinski definition) is 4. The maximum Gasteiger partial charge on any atom is 0.239 e. The third kappa shape index (κ3) is 4.26. The predicted molar refractivity (Wildman–Crippen MR) is 65.4 cm³/mol. The van der Waals surface area contributed by atoms with Gasteiger partial charge in [0.05, 0.1) is 24.9 Å². The fourth-order valence-corrected chi connectivity index (χ4v) is 2.17. The summed E-state index contributed by atoms with van der Waals surface area (Å²) in [7, 11) is 0. The lowest BCUT2D eigenvalue weighted by atomic mass is 10.0. The van der Waals surface area contributed by atoms with Crippen LogP contribution in [-0.2, 0) is 9.53 Å². The molecule has 1 aliphatic rings. The van der Waals surface area contributed by atoms with Crippen molar-refractivity contribution in [1.29, 1.82) is 0 Å². The van der Waals surface area contributed by atoms with Gasteiger partial charge in [-0.25, -0.2) is 0 Å². The molecule has 0 aromatic rings. The zero-order chi connectivity index (χ0) is 13.0. The van der Waals surface area contributed by atoms with Gasteiger partial charge < -0.3 is 20.5 Å². The van der Waals surface area contributed by atoms with Gasteiger partial charge in [0, 0.05) is 13.1 Å². The van der Waals surface area contributed by atoms with Gasteiger partial charge >= 0.3 is 0 Å². The lowest BCUT2D eigenvalue weighted by molar-refractivity contribution is -0.148. The van der Waals surface area contributed by atoms with Gasteiger partial charge in [-0.15, -0.1) is 0 Å². The third-order valence-electron chi connectivity index (χ3n) is 2.88. The van der Waals surface area contributed by atoms with Crippen LogP contribution >= 0.6 is 0 Å². The van der Waals surface area contributed by atoms with E-state index >= 15 is 0 Å². The number of aliphatic hydroxyl groups is 1. The minimum atomic E-state index is -0.445. The van der Waals surface area contributed by atoms with Crippen LogP contribution in [0, 0.1) is 5.92 Å². The summed E-state index contributed by atoms with van der Waals surface area (Å²) < 4.78 is 5.49. The van der Waals surface area contributed by atoms with Gasteiger partial charge in [-0.05, 0) is 19.3 Å². The monoisotopic (exact) mass is 244 g/mol. The molecule has 0 aromatic carbocycles. The number of nitrogens with zero attached hydrogens (tertiary/aromatic N) is 1. The Morgan fingerprint density at radius 3 is 2.71 bits per heavy atom. The molecule has 1 aliphatic heterocycles. The van der Waals surface area contributed by atoms with Gasteiger partial charge in [0.2, 0.25) is 5.91 Å². The van der Waals surface area contributed by atoms with E-state index in [0.717, 1.165) is 0 Å². The molecule has 0 bridgehead atoms. The summed E-state index contributed by atoms with van der Waals surface area (Å²) in [5.41, 5.74) is 5.89. The molecule has 3 atom stereocenters. The molecule has 3 unspecified atom stereocenters. The Morgan fingerprint density at radius 1 is 1.53 bits per heavy atom. The first kappa shape index (κ1) is 14.4. The predicted octanol–water partition coefficient (Wildman–Crippen LogP) is -0.0320. The van der Waals surface area contributed by atoms with Crippen LogP contribution in [0.5, 0.6) is 0 Å². The summed E-state index contributed by atoms with van der Waals surface area (Å²) in [4.78, 5) is 13.8. The Bertz CT molecular complexity index is 258. The summed E-state index contributed by atoms with van der Waals surface area (Å²) in [6.07, 6.45) is 0.360. The van der Waals surface area contributed by atoms with Crippen molar-refractivity contribution >= 4 is 5.91 Å². The van der Waals surface area contributed by atoms with Gasteiger partial charge in [-0.3, -0.25) is 4.79 Å². The molecule has 17 heavy (non-hydrogen) atoms. The fourth-order valence-electron chi connectivity index (χ4n) is 2.17. The van der Waals surface area contributed by atoms with Crippen LogP contribution in [0.2, 0.25) is 0 Å². The number of carbonyl (C=O) groups is 1. The second-order valence-electron chi connectivity index (χ2n) is 5.23. The number of rotatable bonds is 4. The number of amides is 1. The summed E-state index contributed by atoms with van der Waals surface area (Å²) in [6, 6.07) is -0.445. The first-order valence-corrected chi connectivity index (χ1v) is 6.24. The number of nitrogens with two attached hydrogens (primary N) is 1. The van der Waals surface area contributed by atoms with Crippen molar-refractivity contribution < 1.29 is 14.6 Å². The molecule has 1 heterocycles. The van der Waals surface area contributed by atoms with E-state index in [0.29, 0.717) is 25.4 Å². The van der Waals surface area contributed by atoms with E-state index in [1.165, 1.54) is 0 Å². The highest BCUT2D eigenvalue weighted by atomic mass is 16.5. The maximum atomic E-state index is 12.1. The number of ether oxygens (including phenoxy) is 1. The lowest BCUT2D eigenvalue weighted by Crippen LogP contribution is -2.54. The number of carbonyl (C=O) groups excluding carboxylic acids is 1. The second-order valence-corrected chi connectivity index (χ2v) is 5.23. The van der Waals surface area contributed by atoms with Crippen LogP contribution in [0.15, 0.2) is 0 Å². The Morgan fingerprint density at radius 2 is 2.18 bits per heavy atom. The van der Waals surface area contributed by atoms with Crippen LogP contribution < -0.4 is 5.73 Å². The van der Waals surface area contributed by atoms with E-state index < -0.39 is 6.04 Å².